The largest absolute Gasteiger partial charge is 0.573 e. The minimum absolute atomic E-state index is 0.0563. The summed E-state index contributed by atoms with van der Waals surface area (Å²) in [5.74, 6) is -3.35. The van der Waals surface area contributed by atoms with Gasteiger partial charge in [-0.15, -0.1) is 13.2 Å². The first-order chi connectivity index (χ1) is 22.5. The van der Waals surface area contributed by atoms with Gasteiger partial charge in [-0.25, -0.2) is 9.18 Å². The molecular formula is C31H32F7N3O7. The van der Waals surface area contributed by atoms with Crippen molar-refractivity contribution in [3.63, 3.8) is 0 Å². The molecule has 0 aliphatic carbocycles. The van der Waals surface area contributed by atoms with Crippen LogP contribution in [0.1, 0.15) is 37.3 Å². The zero-order chi connectivity index (χ0) is 35.4. The van der Waals surface area contributed by atoms with Crippen LogP contribution in [0, 0.1) is 18.7 Å². The molecule has 1 saturated heterocycles. The van der Waals surface area contributed by atoms with Crippen molar-refractivity contribution in [3.05, 3.63) is 57.6 Å². The van der Waals surface area contributed by atoms with Crippen LogP contribution in [0.2, 0.25) is 0 Å². The van der Waals surface area contributed by atoms with Crippen LogP contribution in [0.4, 0.5) is 41.2 Å². The summed E-state index contributed by atoms with van der Waals surface area (Å²) in [6, 6.07) is 4.09. The van der Waals surface area contributed by atoms with Gasteiger partial charge in [-0.1, -0.05) is 6.07 Å². The summed E-state index contributed by atoms with van der Waals surface area (Å²) in [6.45, 7) is 1.80. The Bertz CT molecular complexity index is 1720. The fourth-order valence-electron chi connectivity index (χ4n) is 5.60. The number of aromatic nitrogens is 1. The Morgan fingerprint density at radius 1 is 1.10 bits per heavy atom. The average Bonchev–Trinajstić information content (AvgIpc) is 2.97. The molecule has 0 spiro atoms. The molecule has 1 aromatic heterocycles. The topological polar surface area (TPSA) is 108 Å². The summed E-state index contributed by atoms with van der Waals surface area (Å²) in [6.07, 6.45) is -9.14. The normalized spacial score (nSPS) is 15.3. The SMILES string of the molecule is CCOC(=O)C[C@H]1CCCN(c2c(F)cc3c(=O)c(OC(=O)NCc4ccc(OC(F)(F)F)cc4C)cn(CC(F)(F)F)c3c2OC)C1. The van der Waals surface area contributed by atoms with Gasteiger partial charge in [-0.3, -0.25) is 9.59 Å². The van der Waals surface area contributed by atoms with E-state index in [1.165, 1.54) is 13.0 Å². The maximum atomic E-state index is 15.8. The van der Waals surface area contributed by atoms with E-state index >= 15 is 4.39 Å². The molecule has 17 heteroatoms. The minimum atomic E-state index is -4.91. The lowest BCUT2D eigenvalue weighted by molar-refractivity contribution is -0.274. The molecule has 0 radical (unpaired) electrons. The Kier molecular flexibility index (Phi) is 11.0. The van der Waals surface area contributed by atoms with Crippen molar-refractivity contribution in [3.8, 4) is 17.2 Å². The fourth-order valence-corrected chi connectivity index (χ4v) is 5.60. The van der Waals surface area contributed by atoms with Gasteiger partial charge in [0.05, 0.1) is 37.2 Å². The number of ether oxygens (including phenoxy) is 4. The predicted octanol–water partition coefficient (Wildman–Crippen LogP) is 6.38. The first kappa shape index (κ1) is 36.1. The summed E-state index contributed by atoms with van der Waals surface area (Å²) >= 11 is 0. The van der Waals surface area contributed by atoms with Crippen LogP contribution in [0.5, 0.6) is 17.2 Å². The van der Waals surface area contributed by atoms with E-state index in [1.807, 2.05) is 0 Å². The van der Waals surface area contributed by atoms with Crippen LogP contribution in [0.15, 0.2) is 35.3 Å². The number of nitrogens with one attached hydrogen (secondary N) is 1. The van der Waals surface area contributed by atoms with Crippen LogP contribution < -0.4 is 29.9 Å². The number of rotatable bonds is 10. The van der Waals surface area contributed by atoms with Gasteiger partial charge < -0.3 is 33.7 Å². The zero-order valence-electron chi connectivity index (χ0n) is 26.0. The average molecular weight is 692 g/mol. The molecule has 2 heterocycles. The number of carbonyl (C=O) groups excluding carboxylic acids is 2. The second-order valence-corrected chi connectivity index (χ2v) is 11.0. The number of alkyl halides is 6. The van der Waals surface area contributed by atoms with Crippen molar-refractivity contribution in [1.82, 2.24) is 9.88 Å². The van der Waals surface area contributed by atoms with E-state index in [-0.39, 0.29) is 43.5 Å². The van der Waals surface area contributed by atoms with Gasteiger partial charge in [-0.05, 0) is 61.9 Å². The quantitative estimate of drug-likeness (QED) is 0.193. The first-order valence-corrected chi connectivity index (χ1v) is 14.7. The number of pyridine rings is 1. The molecule has 1 atom stereocenters. The molecule has 0 bridgehead atoms. The maximum Gasteiger partial charge on any atom is 0.573 e. The van der Waals surface area contributed by atoms with Crippen molar-refractivity contribution < 1.29 is 59.3 Å². The summed E-state index contributed by atoms with van der Waals surface area (Å²) in [4.78, 5) is 39.6. The molecule has 0 unspecified atom stereocenters. The monoisotopic (exact) mass is 691 g/mol. The van der Waals surface area contributed by atoms with E-state index in [4.69, 9.17) is 14.2 Å². The highest BCUT2D eigenvalue weighted by molar-refractivity contribution is 5.92. The van der Waals surface area contributed by atoms with Crippen LogP contribution in [-0.4, -0.2) is 56.0 Å². The van der Waals surface area contributed by atoms with E-state index in [0.29, 0.717) is 41.3 Å². The van der Waals surface area contributed by atoms with Gasteiger partial charge in [0.2, 0.25) is 5.43 Å². The minimum Gasteiger partial charge on any atom is -0.492 e. The number of nitrogens with zero attached hydrogens (tertiary/aromatic N) is 2. The highest BCUT2D eigenvalue weighted by atomic mass is 19.4. The Morgan fingerprint density at radius 2 is 1.83 bits per heavy atom. The molecule has 48 heavy (non-hydrogen) atoms. The lowest BCUT2D eigenvalue weighted by Gasteiger charge is -2.35. The number of amides is 1. The number of anilines is 1. The standard InChI is InChI=1S/C31H32F7N3O7/c1-4-46-24(42)11-18-6-5-9-40(14-18)26-22(32)12-21-25(28(26)45-3)41(16-30(33,34)35)15-23(27(21)43)47-29(44)39-13-19-7-8-20(10-17(19)2)48-31(36,37)38/h7-8,10,12,15,18H,4-6,9,11,13-14,16H2,1-3H3,(H,39,44)/t18-/m1/s1. The Morgan fingerprint density at radius 3 is 2.46 bits per heavy atom. The number of esters is 1. The number of hydrogen-bond donors (Lipinski definition) is 1. The molecule has 1 amide bonds. The van der Waals surface area contributed by atoms with Gasteiger partial charge in [0.15, 0.2) is 17.3 Å². The maximum absolute atomic E-state index is 15.8. The van der Waals surface area contributed by atoms with E-state index in [1.54, 1.807) is 11.8 Å². The zero-order valence-corrected chi connectivity index (χ0v) is 26.0. The third kappa shape index (κ3) is 9.01. The third-order valence-electron chi connectivity index (χ3n) is 7.53. The Labute approximate surface area is 269 Å². The smallest absolute Gasteiger partial charge is 0.492 e. The van der Waals surface area contributed by atoms with Crippen LogP contribution >= 0.6 is 0 Å². The predicted molar refractivity (Wildman–Crippen MR) is 158 cm³/mol. The molecular weight excluding hydrogens is 659 g/mol. The molecule has 262 valence electrons. The third-order valence-corrected chi connectivity index (χ3v) is 7.53. The summed E-state index contributed by atoms with van der Waals surface area (Å²) < 4.78 is 115. The molecule has 1 fully saturated rings. The Hall–Kier alpha value is -4.70. The van der Waals surface area contributed by atoms with Crippen molar-refractivity contribution in [2.45, 2.75) is 58.7 Å². The number of aryl methyl sites for hydroxylation is 1. The first-order valence-electron chi connectivity index (χ1n) is 14.7. The lowest BCUT2D eigenvalue weighted by Crippen LogP contribution is -2.37. The molecule has 4 rings (SSSR count). The van der Waals surface area contributed by atoms with Crippen molar-refractivity contribution in [1.29, 1.82) is 0 Å². The summed E-state index contributed by atoms with van der Waals surface area (Å²) in [5, 5.41) is 1.72. The highest BCUT2D eigenvalue weighted by Gasteiger charge is 2.34. The van der Waals surface area contributed by atoms with Crippen LogP contribution in [0.3, 0.4) is 0 Å². The molecule has 1 aliphatic heterocycles. The second-order valence-electron chi connectivity index (χ2n) is 11.0. The van der Waals surface area contributed by atoms with E-state index < -0.39 is 64.8 Å². The van der Waals surface area contributed by atoms with Crippen molar-refractivity contribution >= 4 is 28.7 Å². The van der Waals surface area contributed by atoms with E-state index in [2.05, 4.69) is 10.1 Å². The van der Waals surface area contributed by atoms with Gasteiger partial charge in [0.25, 0.3) is 0 Å². The molecule has 0 saturated carbocycles. The fraction of sp³-hybridized carbons (Fsp3) is 0.452. The Balaban J connectivity index is 1.66. The number of hydrogen-bond acceptors (Lipinski definition) is 8. The van der Waals surface area contributed by atoms with Gasteiger partial charge in [0, 0.05) is 19.6 Å². The molecule has 1 aliphatic rings. The van der Waals surface area contributed by atoms with Gasteiger partial charge in [0.1, 0.15) is 18.0 Å². The van der Waals surface area contributed by atoms with Crippen LogP contribution in [-0.2, 0) is 22.6 Å². The number of piperidine rings is 1. The number of methoxy groups -OCH3 is 1. The lowest BCUT2D eigenvalue weighted by atomic mass is 9.94. The van der Waals surface area contributed by atoms with E-state index in [9.17, 15) is 40.7 Å². The molecule has 2 aromatic carbocycles. The van der Waals surface area contributed by atoms with Crippen LogP contribution in [0.25, 0.3) is 10.9 Å². The number of benzene rings is 2. The number of carbonyl (C=O) groups is 2. The van der Waals surface area contributed by atoms with E-state index in [0.717, 1.165) is 25.3 Å². The summed E-state index contributed by atoms with van der Waals surface area (Å²) in [7, 11) is 1.11. The summed E-state index contributed by atoms with van der Waals surface area (Å²) in [5.41, 5.74) is -1.05. The van der Waals surface area contributed by atoms with Gasteiger partial charge in [-0.2, -0.15) is 13.2 Å². The van der Waals surface area contributed by atoms with Gasteiger partial charge >= 0.3 is 24.6 Å². The number of halogens is 7. The van der Waals surface area contributed by atoms with Crippen molar-refractivity contribution in [2.24, 2.45) is 5.92 Å². The molecule has 10 nitrogen and oxygen atoms in total. The number of fused-ring (bicyclic) bond motifs is 1. The molecule has 3 aromatic rings. The molecule has 1 N–H and O–H groups in total. The second kappa shape index (κ2) is 14.6. The highest BCUT2D eigenvalue weighted by Crippen LogP contribution is 2.41. The van der Waals surface area contributed by atoms with Crippen molar-refractivity contribution in [2.75, 3.05) is 31.7 Å².